The van der Waals surface area contributed by atoms with Crippen LogP contribution in [-0.4, -0.2) is 5.78 Å². The molecule has 0 fully saturated rings. The molecule has 28 heavy (non-hydrogen) atoms. The smallest absolute Gasteiger partial charge is 0.163 e. The number of Topliss-reactive ketones (excluding diaryl/α,β-unsaturated/α-hetero) is 1. The Balaban J connectivity index is 1.91. The summed E-state index contributed by atoms with van der Waals surface area (Å²) >= 11 is 6.40. The van der Waals surface area contributed by atoms with Crippen molar-refractivity contribution < 1.29 is 9.18 Å². The second kappa shape index (κ2) is 7.25. The van der Waals surface area contributed by atoms with Crippen LogP contribution in [0, 0.1) is 24.6 Å². The minimum absolute atomic E-state index is 0.0498. The predicted octanol–water partition coefficient (Wildman–Crippen LogP) is 6.26. The molecule has 0 radical (unpaired) electrons. The van der Waals surface area contributed by atoms with Crippen molar-refractivity contribution in [1.29, 1.82) is 0 Å². The van der Waals surface area contributed by atoms with Crippen LogP contribution in [0.5, 0.6) is 0 Å². The van der Waals surface area contributed by atoms with Crippen molar-refractivity contribution in [2.24, 2.45) is 11.8 Å². The molecule has 1 aliphatic heterocycles. The van der Waals surface area contributed by atoms with Crippen LogP contribution in [0.4, 0.5) is 15.8 Å². The standard InChI is InChI=1S/C23H24ClFN2O/c1-12(2)14-10-19-22(20(28)11-14)23(21-15(24)5-4-6-16(21)25)27-18-9-13(3)7-8-17(18)26-19/h4-9,12,14,23,26-27H,10-11H2,1-3H3. The Hall–Kier alpha value is -2.33. The Morgan fingerprint density at radius 3 is 2.64 bits per heavy atom. The Morgan fingerprint density at radius 1 is 1.14 bits per heavy atom. The summed E-state index contributed by atoms with van der Waals surface area (Å²) in [6.45, 7) is 6.28. The largest absolute Gasteiger partial charge is 0.372 e. The first-order valence-corrected chi connectivity index (χ1v) is 10.1. The molecule has 4 rings (SSSR count). The molecule has 2 unspecified atom stereocenters. The molecule has 1 aliphatic carbocycles. The van der Waals surface area contributed by atoms with E-state index in [0.29, 0.717) is 28.5 Å². The van der Waals surface area contributed by atoms with Gasteiger partial charge in [-0.2, -0.15) is 0 Å². The number of hydrogen-bond acceptors (Lipinski definition) is 3. The van der Waals surface area contributed by atoms with Crippen LogP contribution in [0.2, 0.25) is 5.02 Å². The Labute approximate surface area is 170 Å². The van der Waals surface area contributed by atoms with Gasteiger partial charge in [0, 0.05) is 28.3 Å². The fourth-order valence-electron chi connectivity index (χ4n) is 4.17. The van der Waals surface area contributed by atoms with E-state index < -0.39 is 11.9 Å². The molecule has 2 N–H and O–H groups in total. The quantitative estimate of drug-likeness (QED) is 0.627. The van der Waals surface area contributed by atoms with Crippen LogP contribution in [0.3, 0.4) is 0 Å². The summed E-state index contributed by atoms with van der Waals surface area (Å²) in [6.07, 6.45) is 1.23. The van der Waals surface area contributed by atoms with Crippen LogP contribution in [0.25, 0.3) is 0 Å². The molecule has 2 aromatic carbocycles. The molecular weight excluding hydrogens is 375 g/mol. The van der Waals surface area contributed by atoms with Gasteiger partial charge in [0.25, 0.3) is 0 Å². The third kappa shape index (κ3) is 3.30. The van der Waals surface area contributed by atoms with Crippen LogP contribution >= 0.6 is 11.6 Å². The van der Waals surface area contributed by atoms with Gasteiger partial charge in [-0.25, -0.2) is 4.39 Å². The number of nitrogens with one attached hydrogen (secondary N) is 2. The van der Waals surface area contributed by atoms with Crippen LogP contribution in [-0.2, 0) is 4.79 Å². The molecule has 0 saturated carbocycles. The van der Waals surface area contributed by atoms with Crippen molar-refractivity contribution in [1.82, 2.24) is 0 Å². The summed E-state index contributed by atoms with van der Waals surface area (Å²) in [4.78, 5) is 13.2. The highest BCUT2D eigenvalue weighted by molar-refractivity contribution is 6.31. The van der Waals surface area contributed by atoms with E-state index in [2.05, 4.69) is 24.5 Å². The van der Waals surface area contributed by atoms with Gasteiger partial charge in [-0.3, -0.25) is 4.79 Å². The van der Waals surface area contributed by atoms with Crippen molar-refractivity contribution >= 4 is 28.8 Å². The van der Waals surface area contributed by atoms with Gasteiger partial charge in [0.15, 0.2) is 5.78 Å². The number of carbonyl (C=O) groups is 1. The van der Waals surface area contributed by atoms with Crippen LogP contribution < -0.4 is 10.6 Å². The maximum Gasteiger partial charge on any atom is 0.163 e. The highest BCUT2D eigenvalue weighted by Crippen LogP contribution is 2.45. The Bertz CT molecular complexity index is 962. The number of benzene rings is 2. The molecule has 0 spiro atoms. The average molecular weight is 399 g/mol. The molecule has 0 amide bonds. The lowest BCUT2D eigenvalue weighted by molar-refractivity contribution is -0.117. The van der Waals surface area contributed by atoms with E-state index in [-0.39, 0.29) is 11.7 Å². The van der Waals surface area contributed by atoms with E-state index in [9.17, 15) is 9.18 Å². The summed E-state index contributed by atoms with van der Waals surface area (Å²) < 4.78 is 14.8. The summed E-state index contributed by atoms with van der Waals surface area (Å²) in [5.74, 6) is 0.298. The SMILES string of the molecule is Cc1ccc2c(c1)NC(c1c(F)cccc1Cl)C1=C(CC(C(C)C)CC1=O)N2. The lowest BCUT2D eigenvalue weighted by Gasteiger charge is -2.31. The fraction of sp³-hybridized carbons (Fsp3) is 0.348. The van der Waals surface area contributed by atoms with E-state index in [1.165, 1.54) is 6.07 Å². The minimum atomic E-state index is -0.625. The first-order chi connectivity index (χ1) is 13.3. The molecule has 0 bridgehead atoms. The summed E-state index contributed by atoms with van der Waals surface area (Å²) in [7, 11) is 0. The summed E-state index contributed by atoms with van der Waals surface area (Å²) in [5, 5.41) is 7.20. The van der Waals surface area contributed by atoms with Crippen LogP contribution in [0.1, 0.15) is 43.9 Å². The zero-order valence-corrected chi connectivity index (χ0v) is 17.0. The fourth-order valence-corrected chi connectivity index (χ4v) is 4.44. The number of allylic oxidation sites excluding steroid dienone is 1. The van der Waals surface area contributed by atoms with Gasteiger partial charge in [-0.05, 0) is 55.0 Å². The predicted molar refractivity (Wildman–Crippen MR) is 112 cm³/mol. The number of fused-ring (bicyclic) bond motifs is 1. The molecular formula is C23H24ClFN2O. The van der Waals surface area contributed by atoms with Gasteiger partial charge >= 0.3 is 0 Å². The number of ketones is 1. The van der Waals surface area contributed by atoms with E-state index in [1.807, 2.05) is 25.1 Å². The van der Waals surface area contributed by atoms with Crippen molar-refractivity contribution in [3.63, 3.8) is 0 Å². The molecule has 3 nitrogen and oxygen atoms in total. The molecule has 146 valence electrons. The van der Waals surface area contributed by atoms with E-state index in [4.69, 9.17) is 11.6 Å². The number of carbonyl (C=O) groups excluding carboxylic acids is 1. The van der Waals surface area contributed by atoms with E-state index in [0.717, 1.165) is 29.1 Å². The molecule has 0 aromatic heterocycles. The number of halogens is 2. The van der Waals surface area contributed by atoms with Gasteiger partial charge in [0.2, 0.25) is 0 Å². The Morgan fingerprint density at radius 2 is 1.93 bits per heavy atom. The molecule has 0 saturated heterocycles. The first-order valence-electron chi connectivity index (χ1n) is 9.69. The third-order valence-corrected chi connectivity index (χ3v) is 6.15. The summed E-state index contributed by atoms with van der Waals surface area (Å²) in [6, 6.07) is 10.0. The molecule has 2 aromatic rings. The zero-order valence-electron chi connectivity index (χ0n) is 16.3. The second-order valence-electron chi connectivity index (χ2n) is 8.11. The molecule has 2 atom stereocenters. The van der Waals surface area contributed by atoms with Gasteiger partial charge < -0.3 is 10.6 Å². The lowest BCUT2D eigenvalue weighted by atomic mass is 9.77. The Kier molecular flexibility index (Phi) is 4.92. The second-order valence-corrected chi connectivity index (χ2v) is 8.52. The average Bonchev–Trinajstić information content (AvgIpc) is 2.78. The van der Waals surface area contributed by atoms with Gasteiger partial charge in [-0.15, -0.1) is 0 Å². The maximum atomic E-state index is 14.8. The lowest BCUT2D eigenvalue weighted by Crippen LogP contribution is -2.29. The topological polar surface area (TPSA) is 41.1 Å². The van der Waals surface area contributed by atoms with Crippen molar-refractivity contribution in [2.75, 3.05) is 10.6 Å². The van der Waals surface area contributed by atoms with Crippen LogP contribution in [0.15, 0.2) is 47.7 Å². The van der Waals surface area contributed by atoms with Crippen molar-refractivity contribution in [3.05, 3.63) is 69.6 Å². The normalized spacial score (nSPS) is 21.6. The number of anilines is 2. The summed E-state index contributed by atoms with van der Waals surface area (Å²) in [5.41, 5.74) is 4.60. The molecule has 2 aliphatic rings. The molecule has 1 heterocycles. The molecule has 5 heteroatoms. The van der Waals surface area contributed by atoms with Crippen molar-refractivity contribution in [2.45, 2.75) is 39.7 Å². The monoisotopic (exact) mass is 398 g/mol. The van der Waals surface area contributed by atoms with Crippen molar-refractivity contribution in [3.8, 4) is 0 Å². The highest BCUT2D eigenvalue weighted by atomic mass is 35.5. The van der Waals surface area contributed by atoms with Gasteiger partial charge in [-0.1, -0.05) is 37.6 Å². The first kappa shape index (κ1) is 19.0. The number of aryl methyl sites for hydroxylation is 1. The highest BCUT2D eigenvalue weighted by Gasteiger charge is 2.38. The number of hydrogen-bond donors (Lipinski definition) is 2. The van der Waals surface area contributed by atoms with E-state index in [1.54, 1.807) is 12.1 Å². The van der Waals surface area contributed by atoms with Gasteiger partial charge in [0.05, 0.1) is 17.4 Å². The zero-order chi connectivity index (χ0) is 20.0. The third-order valence-electron chi connectivity index (χ3n) is 5.82. The maximum absolute atomic E-state index is 14.8. The van der Waals surface area contributed by atoms with Gasteiger partial charge in [0.1, 0.15) is 5.82 Å². The van der Waals surface area contributed by atoms with E-state index >= 15 is 0 Å². The number of rotatable bonds is 2. The minimum Gasteiger partial charge on any atom is -0.372 e.